The Hall–Kier alpha value is -4.88. The number of hydrogen-bond donors (Lipinski definition) is 1. The minimum atomic E-state index is -0.337. The van der Waals surface area contributed by atoms with E-state index in [0.29, 0.717) is 22.6 Å². The number of benzene rings is 3. The van der Waals surface area contributed by atoms with Gasteiger partial charge in [-0.1, -0.05) is 48.5 Å². The standard InChI is InChI=1S/C26H18FN5O/c27-24-12-5-4-8-19(24)17-33-22-11-6-7-18(14-22)13-20(15-28)25-23(16-29)26(30)32(31-25)21-9-2-1-3-10-21/h1-14H,17,30H2. The maximum Gasteiger partial charge on any atom is 0.145 e. The molecule has 4 aromatic rings. The largest absolute Gasteiger partial charge is 0.489 e. The first-order chi connectivity index (χ1) is 16.1. The summed E-state index contributed by atoms with van der Waals surface area (Å²) in [6.45, 7) is 0.0710. The first kappa shape index (κ1) is 21.4. The molecule has 33 heavy (non-hydrogen) atoms. The van der Waals surface area contributed by atoms with Crippen LogP contribution in [0.2, 0.25) is 0 Å². The Morgan fingerprint density at radius 1 is 1.03 bits per heavy atom. The van der Waals surface area contributed by atoms with Crippen LogP contribution in [-0.4, -0.2) is 9.78 Å². The minimum Gasteiger partial charge on any atom is -0.489 e. The highest BCUT2D eigenvalue weighted by Gasteiger charge is 2.20. The predicted octanol–water partition coefficient (Wildman–Crippen LogP) is 5.11. The van der Waals surface area contributed by atoms with Crippen LogP contribution < -0.4 is 10.5 Å². The van der Waals surface area contributed by atoms with Gasteiger partial charge in [-0.2, -0.15) is 15.6 Å². The summed E-state index contributed by atoms with van der Waals surface area (Å²) in [7, 11) is 0. The highest BCUT2D eigenvalue weighted by atomic mass is 19.1. The van der Waals surface area contributed by atoms with Crippen molar-refractivity contribution >= 4 is 17.5 Å². The van der Waals surface area contributed by atoms with Crippen LogP contribution in [0.1, 0.15) is 22.4 Å². The Morgan fingerprint density at radius 3 is 2.52 bits per heavy atom. The normalized spacial score (nSPS) is 10.9. The molecule has 0 aliphatic rings. The van der Waals surface area contributed by atoms with E-state index in [-0.39, 0.29) is 35.1 Å². The Kier molecular flexibility index (Phi) is 6.15. The van der Waals surface area contributed by atoms with Crippen molar-refractivity contribution in [1.82, 2.24) is 9.78 Å². The van der Waals surface area contributed by atoms with Crippen molar-refractivity contribution in [2.75, 3.05) is 5.73 Å². The van der Waals surface area contributed by atoms with Gasteiger partial charge in [0.15, 0.2) is 0 Å². The molecule has 6 nitrogen and oxygen atoms in total. The lowest BCUT2D eigenvalue weighted by Crippen LogP contribution is -2.02. The van der Waals surface area contributed by atoms with Gasteiger partial charge in [-0.25, -0.2) is 9.07 Å². The second-order valence-electron chi connectivity index (χ2n) is 7.09. The molecular weight excluding hydrogens is 417 g/mol. The van der Waals surface area contributed by atoms with Crippen LogP contribution in [-0.2, 0) is 6.61 Å². The van der Waals surface area contributed by atoms with Crippen LogP contribution >= 0.6 is 0 Å². The molecular formula is C26H18FN5O. The van der Waals surface area contributed by atoms with Gasteiger partial charge in [0.1, 0.15) is 47.4 Å². The topological polar surface area (TPSA) is 101 Å². The first-order valence-electron chi connectivity index (χ1n) is 10.0. The number of halogens is 1. The molecule has 160 valence electrons. The molecule has 0 bridgehead atoms. The van der Waals surface area contributed by atoms with E-state index in [1.807, 2.05) is 24.3 Å². The number of nitrogens with zero attached hydrogens (tertiary/aromatic N) is 4. The molecule has 2 N–H and O–H groups in total. The molecule has 7 heteroatoms. The molecule has 0 atom stereocenters. The third-order valence-corrected chi connectivity index (χ3v) is 4.93. The number of ether oxygens (including phenoxy) is 1. The Morgan fingerprint density at radius 2 is 1.79 bits per heavy atom. The first-order valence-corrected chi connectivity index (χ1v) is 10.0. The average Bonchev–Trinajstić information content (AvgIpc) is 3.18. The Bertz CT molecular complexity index is 1410. The number of nitrogen functional groups attached to an aromatic ring is 1. The van der Waals surface area contributed by atoms with Gasteiger partial charge >= 0.3 is 0 Å². The molecule has 1 aromatic heterocycles. The highest BCUT2D eigenvalue weighted by Crippen LogP contribution is 2.27. The number of anilines is 1. The maximum atomic E-state index is 13.8. The number of allylic oxidation sites excluding steroid dienone is 1. The van der Waals surface area contributed by atoms with Crippen molar-refractivity contribution in [1.29, 1.82) is 10.5 Å². The molecule has 1 heterocycles. The molecule has 0 fully saturated rings. The van der Waals surface area contributed by atoms with Gasteiger partial charge < -0.3 is 10.5 Å². The van der Waals surface area contributed by atoms with Crippen molar-refractivity contribution in [3.63, 3.8) is 0 Å². The number of para-hydroxylation sites is 1. The third kappa shape index (κ3) is 4.58. The minimum absolute atomic E-state index is 0.0710. The van der Waals surface area contributed by atoms with Crippen LogP contribution in [0.4, 0.5) is 10.2 Å². The number of rotatable bonds is 6. The number of nitrogens with two attached hydrogens (primary N) is 1. The van der Waals surface area contributed by atoms with Crippen LogP contribution in [0.15, 0.2) is 78.9 Å². The quantitative estimate of drug-likeness (QED) is 0.424. The van der Waals surface area contributed by atoms with Crippen molar-refractivity contribution in [3.8, 4) is 23.6 Å². The molecule has 4 rings (SSSR count). The van der Waals surface area contributed by atoms with E-state index in [1.165, 1.54) is 10.7 Å². The SMILES string of the molecule is N#CC(=Cc1cccc(OCc2ccccc2F)c1)c1nn(-c2ccccc2)c(N)c1C#N. The molecule has 0 aliphatic heterocycles. The van der Waals surface area contributed by atoms with Crippen molar-refractivity contribution < 1.29 is 9.13 Å². The predicted molar refractivity (Wildman–Crippen MR) is 123 cm³/mol. The number of nitriles is 2. The van der Waals surface area contributed by atoms with Crippen LogP contribution in [0.5, 0.6) is 5.75 Å². The lowest BCUT2D eigenvalue weighted by Gasteiger charge is -2.08. The molecule has 3 aromatic carbocycles. The van der Waals surface area contributed by atoms with Crippen molar-refractivity contribution in [2.24, 2.45) is 0 Å². The van der Waals surface area contributed by atoms with E-state index < -0.39 is 0 Å². The monoisotopic (exact) mass is 435 g/mol. The summed E-state index contributed by atoms with van der Waals surface area (Å²) in [6.07, 6.45) is 1.61. The van der Waals surface area contributed by atoms with Gasteiger partial charge in [-0.3, -0.25) is 0 Å². The van der Waals surface area contributed by atoms with E-state index in [9.17, 15) is 14.9 Å². The van der Waals surface area contributed by atoms with Gasteiger partial charge in [0.05, 0.1) is 11.3 Å². The fourth-order valence-corrected chi connectivity index (χ4v) is 3.29. The van der Waals surface area contributed by atoms with Gasteiger partial charge in [-0.15, -0.1) is 0 Å². The summed E-state index contributed by atoms with van der Waals surface area (Å²) in [5.41, 5.74) is 8.43. The summed E-state index contributed by atoms with van der Waals surface area (Å²) in [4.78, 5) is 0. The Balaban J connectivity index is 1.65. The van der Waals surface area contributed by atoms with E-state index in [0.717, 1.165) is 0 Å². The van der Waals surface area contributed by atoms with Gasteiger partial charge in [0, 0.05) is 5.56 Å². The van der Waals surface area contributed by atoms with Gasteiger partial charge in [-0.05, 0) is 42.0 Å². The highest BCUT2D eigenvalue weighted by molar-refractivity contribution is 5.91. The second kappa shape index (κ2) is 9.51. The van der Waals surface area contributed by atoms with E-state index in [1.54, 1.807) is 60.7 Å². The van der Waals surface area contributed by atoms with Gasteiger partial charge in [0.2, 0.25) is 0 Å². The molecule has 0 saturated carbocycles. The lowest BCUT2D eigenvalue weighted by atomic mass is 10.1. The molecule has 0 spiro atoms. The van der Waals surface area contributed by atoms with Crippen LogP contribution in [0.25, 0.3) is 17.3 Å². The fraction of sp³-hybridized carbons (Fsp3) is 0.0385. The lowest BCUT2D eigenvalue weighted by molar-refractivity contribution is 0.300. The molecule has 0 unspecified atom stereocenters. The molecule has 0 radical (unpaired) electrons. The van der Waals surface area contributed by atoms with Crippen LogP contribution in [0, 0.1) is 28.5 Å². The zero-order valence-corrected chi connectivity index (χ0v) is 17.4. The maximum absolute atomic E-state index is 13.8. The summed E-state index contributed by atoms with van der Waals surface area (Å²) >= 11 is 0. The summed E-state index contributed by atoms with van der Waals surface area (Å²) in [6, 6.07) is 26.7. The van der Waals surface area contributed by atoms with E-state index in [4.69, 9.17) is 10.5 Å². The van der Waals surface area contributed by atoms with Crippen molar-refractivity contribution in [2.45, 2.75) is 6.61 Å². The van der Waals surface area contributed by atoms with E-state index >= 15 is 0 Å². The average molecular weight is 435 g/mol. The fourth-order valence-electron chi connectivity index (χ4n) is 3.29. The molecule has 0 saturated heterocycles. The Labute approximate surface area is 190 Å². The zero-order valence-electron chi connectivity index (χ0n) is 17.4. The van der Waals surface area contributed by atoms with Crippen molar-refractivity contribution in [3.05, 3.63) is 107 Å². The smallest absolute Gasteiger partial charge is 0.145 e. The van der Waals surface area contributed by atoms with Gasteiger partial charge in [0.25, 0.3) is 0 Å². The van der Waals surface area contributed by atoms with Crippen LogP contribution in [0.3, 0.4) is 0 Å². The second-order valence-corrected chi connectivity index (χ2v) is 7.09. The number of aromatic nitrogens is 2. The van der Waals surface area contributed by atoms with E-state index in [2.05, 4.69) is 11.2 Å². The summed E-state index contributed by atoms with van der Waals surface area (Å²) < 4.78 is 21.0. The third-order valence-electron chi connectivity index (χ3n) is 4.93. The number of hydrogen-bond acceptors (Lipinski definition) is 5. The molecule has 0 aliphatic carbocycles. The summed E-state index contributed by atoms with van der Waals surface area (Å²) in [5.74, 6) is 0.330. The molecule has 0 amide bonds. The zero-order chi connectivity index (χ0) is 23.2. The summed E-state index contributed by atoms with van der Waals surface area (Å²) in [5, 5.41) is 23.9.